The zero-order chi connectivity index (χ0) is 76.9. The number of hydrogen-bond acceptors (Lipinski definition) is 16. The number of benzene rings is 8. The van der Waals surface area contributed by atoms with Crippen molar-refractivity contribution in [3.63, 3.8) is 0 Å². The van der Waals surface area contributed by atoms with Crippen LogP contribution in [0.15, 0.2) is 221 Å². The smallest absolute Gasteiger partial charge is 0.338 e. The zero-order valence-electron chi connectivity index (χ0n) is 65.3. The van der Waals surface area contributed by atoms with Gasteiger partial charge in [-0.05, 0) is 142 Å². The highest BCUT2D eigenvalue weighted by molar-refractivity contribution is 8.00. The number of carbonyl (C=O) groups excluding carboxylic acids is 3. The highest BCUT2D eigenvalue weighted by atomic mass is 32.2. The number of carbonyl (C=O) groups is 3. The van der Waals surface area contributed by atoms with Gasteiger partial charge in [0.25, 0.3) is 0 Å². The van der Waals surface area contributed by atoms with Gasteiger partial charge >= 0.3 is 17.9 Å². The Morgan fingerprint density at radius 3 is 1.15 bits per heavy atom. The van der Waals surface area contributed by atoms with E-state index in [2.05, 4.69) is 178 Å². The van der Waals surface area contributed by atoms with Crippen LogP contribution in [-0.2, 0) is 65.5 Å². The van der Waals surface area contributed by atoms with Gasteiger partial charge in [-0.25, -0.2) is 14.4 Å². The maximum absolute atomic E-state index is 13.2. The highest BCUT2D eigenvalue weighted by Gasteiger charge is 2.51. The van der Waals surface area contributed by atoms with E-state index in [-0.39, 0.29) is 100 Å². The number of ether oxygens (including phenoxy) is 9. The Kier molecular flexibility index (Phi) is 28.6. The molecule has 13 nitrogen and oxygen atoms in total. The van der Waals surface area contributed by atoms with Crippen molar-refractivity contribution in [1.82, 2.24) is 0 Å². The van der Waals surface area contributed by atoms with Gasteiger partial charge in [0.1, 0.15) is 40.7 Å². The second-order valence-electron chi connectivity index (χ2n) is 32.0. The van der Waals surface area contributed by atoms with E-state index in [1.165, 1.54) is 22.3 Å². The van der Waals surface area contributed by atoms with Gasteiger partial charge < -0.3 is 47.7 Å². The fraction of sp³-hybridized carbons (Fsp3) is 0.440. The summed E-state index contributed by atoms with van der Waals surface area (Å²) in [6, 6.07) is 67.1. The molecule has 107 heavy (non-hydrogen) atoms. The third kappa shape index (κ3) is 21.7. The van der Waals surface area contributed by atoms with E-state index in [4.69, 9.17) is 42.6 Å². The normalized spacial score (nSPS) is 25.8. The summed E-state index contributed by atoms with van der Waals surface area (Å²) >= 11 is 4.84. The molecule has 570 valence electrons. The quantitative estimate of drug-likeness (QED) is 0.0639. The Labute approximate surface area is 648 Å². The first kappa shape index (κ1) is 82.4. The van der Waals surface area contributed by atoms with Crippen molar-refractivity contribution >= 4 is 53.2 Å². The average Bonchev–Trinajstić information content (AvgIpc) is 0.781. The lowest BCUT2D eigenvalue weighted by Gasteiger charge is -2.48. The summed E-state index contributed by atoms with van der Waals surface area (Å²) in [7, 11) is 0. The van der Waals surface area contributed by atoms with Gasteiger partial charge in [0, 0.05) is 38.0 Å². The average molecular weight is 1510 g/mol. The third-order valence-corrected chi connectivity index (χ3v) is 24.9. The SMILES string of the molecule is Cc1ccc(C(C)(C)C)cc1S[C@@H]1OC(CO)[C@@H](C)[C@H](C)C1OC(=O)c1ccccc1.Cc1ccc(C(C)(C)C)cc1S[C@@H]1OC(COCc2ccccc2)[C@@H](C)[C@H](C)C1OC(=O)c1ccccc1.Cc1ccc(C(C)(C)C)cc1S[C@@H]1OC2COC(c3ccccc3)O[C@H]2[C@H](C)C1OC(=O)c1ccccc1. The van der Waals surface area contributed by atoms with Crippen molar-refractivity contribution in [1.29, 1.82) is 0 Å². The molecule has 8 aromatic carbocycles. The summed E-state index contributed by atoms with van der Waals surface area (Å²) in [5, 5.41) is 9.87. The van der Waals surface area contributed by atoms with Crippen LogP contribution in [0.5, 0.6) is 0 Å². The van der Waals surface area contributed by atoms with E-state index in [0.29, 0.717) is 36.5 Å². The van der Waals surface area contributed by atoms with Gasteiger partial charge in [0.2, 0.25) is 0 Å². The molecule has 4 fully saturated rings. The Hall–Kier alpha value is -7.06. The fourth-order valence-corrected chi connectivity index (χ4v) is 17.4. The van der Waals surface area contributed by atoms with Crippen molar-refractivity contribution in [2.45, 2.75) is 221 Å². The lowest BCUT2D eigenvalue weighted by Crippen LogP contribution is -2.58. The molecule has 1 N–H and O–H groups in total. The molecule has 4 aliphatic rings. The summed E-state index contributed by atoms with van der Waals surface area (Å²) in [5.41, 5.74) is 9.88. The van der Waals surface area contributed by atoms with Crippen LogP contribution in [0.3, 0.4) is 0 Å². The lowest BCUT2D eigenvalue weighted by molar-refractivity contribution is -0.306. The minimum atomic E-state index is -0.513. The minimum absolute atomic E-state index is 0.0193. The number of aliphatic hydroxyl groups excluding tert-OH is 1. The molecule has 4 aliphatic heterocycles. The molecular formula is C91H110O13S3. The van der Waals surface area contributed by atoms with Crippen molar-refractivity contribution < 1.29 is 62.1 Å². The monoisotopic (exact) mass is 1510 g/mol. The predicted octanol–water partition coefficient (Wildman–Crippen LogP) is 20.5. The molecule has 0 saturated carbocycles. The topological polar surface area (TPSA) is 155 Å². The third-order valence-electron chi connectivity index (χ3n) is 21.0. The Bertz CT molecular complexity index is 4090. The molecule has 4 heterocycles. The molecule has 16 heteroatoms. The van der Waals surface area contributed by atoms with Crippen LogP contribution in [0.25, 0.3) is 0 Å². The Morgan fingerprint density at radius 2 is 0.766 bits per heavy atom. The van der Waals surface area contributed by atoms with Crippen molar-refractivity contribution in [2.75, 3.05) is 19.8 Å². The van der Waals surface area contributed by atoms with E-state index in [9.17, 15) is 19.5 Å². The maximum atomic E-state index is 13.2. The molecular weight excluding hydrogens is 1400 g/mol. The molecule has 0 aliphatic carbocycles. The summed E-state index contributed by atoms with van der Waals surface area (Å²) in [6.07, 6.45) is -2.75. The first-order valence-corrected chi connectivity index (χ1v) is 40.2. The van der Waals surface area contributed by atoms with Crippen LogP contribution in [0.2, 0.25) is 0 Å². The van der Waals surface area contributed by atoms with Crippen molar-refractivity contribution in [3.8, 4) is 0 Å². The largest absolute Gasteiger partial charge is 0.455 e. The molecule has 0 radical (unpaired) electrons. The van der Waals surface area contributed by atoms with Crippen LogP contribution in [0.1, 0.15) is 179 Å². The minimum Gasteiger partial charge on any atom is -0.455 e. The Morgan fingerprint density at radius 1 is 0.421 bits per heavy atom. The first-order valence-electron chi connectivity index (χ1n) is 37.6. The number of aliphatic hydroxyl groups is 1. The van der Waals surface area contributed by atoms with Crippen LogP contribution in [0, 0.1) is 50.4 Å². The van der Waals surface area contributed by atoms with Gasteiger partial charge in [0.05, 0.1) is 61.4 Å². The maximum Gasteiger partial charge on any atom is 0.338 e. The molecule has 0 bridgehead atoms. The number of fused-ring (bicyclic) bond motifs is 1. The van der Waals surface area contributed by atoms with Crippen LogP contribution in [-0.4, -0.2) is 102 Å². The molecule has 0 amide bonds. The standard InChI is InChI=1S/C33H40O4S.C32H36O5S.C26H34O4S/c1-22-17-18-27(33(4,5)6)19-29(22)38-32-30(37-31(34)26-15-11-8-12-16-26)24(3)23(2)28(36-32)21-35-20-25-13-9-7-10-14-25;1-20-16-17-24(32(3,4)5)18-26(20)38-31-28(36-29(33)22-12-8-6-9-13-22)21(2)27-25(35-31)19-34-30(37-27)23-14-10-7-11-15-23;1-16-12-13-20(26(4,5)6)14-22(16)31-25-23(18(3)17(2)21(15-27)29-25)30-24(28)19-10-8-7-9-11-19/h7-19,23-24,28,30,32H,20-21H2,1-6H3;6-18,21,25,27-28,30-31H,19H2,1-5H3;7-14,17-18,21,23,25,27H,15H2,1-6H3/t23-,24-,28?,30?,32-;21-,25?,27-,28?,30?,31-;17-,18-,21?,23?,25-/m000/s1. The predicted molar refractivity (Wildman–Crippen MR) is 429 cm³/mol. The second-order valence-corrected chi connectivity index (χ2v) is 35.5. The summed E-state index contributed by atoms with van der Waals surface area (Å²) in [4.78, 5) is 42.5. The second kappa shape index (κ2) is 37.1. The lowest BCUT2D eigenvalue weighted by atomic mass is 9.84. The molecule has 0 spiro atoms. The number of aryl methyl sites for hydroxylation is 3. The molecule has 12 rings (SSSR count). The summed E-state index contributed by atoms with van der Waals surface area (Å²) in [6.45, 7) is 38.1. The van der Waals surface area contributed by atoms with E-state index in [0.717, 1.165) is 36.9 Å². The molecule has 7 unspecified atom stereocenters. The molecule has 8 aromatic rings. The first-order chi connectivity index (χ1) is 50.9. The molecule has 16 atom stereocenters. The van der Waals surface area contributed by atoms with Gasteiger partial charge in [0.15, 0.2) is 6.29 Å². The highest BCUT2D eigenvalue weighted by Crippen LogP contribution is 2.47. The van der Waals surface area contributed by atoms with Crippen LogP contribution >= 0.6 is 35.3 Å². The number of rotatable bonds is 18. The van der Waals surface area contributed by atoms with E-state index in [1.54, 1.807) is 71.7 Å². The fourth-order valence-electron chi connectivity index (χ4n) is 13.4. The van der Waals surface area contributed by atoms with Gasteiger partial charge in [-0.1, -0.05) is 284 Å². The van der Waals surface area contributed by atoms with E-state index in [1.807, 2.05) is 110 Å². The summed E-state index contributed by atoms with van der Waals surface area (Å²) in [5.74, 6) is -0.783. The van der Waals surface area contributed by atoms with E-state index >= 15 is 0 Å². The number of hydrogen-bond donors (Lipinski definition) is 1. The van der Waals surface area contributed by atoms with Gasteiger partial charge in [-0.15, -0.1) is 0 Å². The van der Waals surface area contributed by atoms with Crippen LogP contribution in [0.4, 0.5) is 0 Å². The summed E-state index contributed by atoms with van der Waals surface area (Å²) < 4.78 is 56.6. The molecule has 0 aromatic heterocycles. The van der Waals surface area contributed by atoms with Crippen molar-refractivity contribution in [2.24, 2.45) is 29.6 Å². The number of esters is 3. The van der Waals surface area contributed by atoms with Crippen molar-refractivity contribution in [3.05, 3.63) is 267 Å². The van der Waals surface area contributed by atoms with Crippen LogP contribution < -0.4 is 0 Å². The molecule has 4 saturated heterocycles. The number of thioether (sulfide) groups is 3. The van der Waals surface area contributed by atoms with Gasteiger partial charge in [-0.3, -0.25) is 0 Å². The Balaban J connectivity index is 0.000000173. The van der Waals surface area contributed by atoms with E-state index < -0.39 is 35.5 Å². The zero-order valence-corrected chi connectivity index (χ0v) is 67.7. The van der Waals surface area contributed by atoms with Gasteiger partial charge in [-0.2, -0.15) is 0 Å².